The summed E-state index contributed by atoms with van der Waals surface area (Å²) in [4.78, 5) is 0. The number of sulfonamides is 1. The van der Waals surface area contributed by atoms with Gasteiger partial charge in [0, 0.05) is 26.6 Å². The average Bonchev–Trinajstić information content (AvgIpc) is 2.23. The van der Waals surface area contributed by atoms with Crippen molar-refractivity contribution in [1.29, 1.82) is 0 Å². The monoisotopic (exact) mass is 273 g/mol. The van der Waals surface area contributed by atoms with Gasteiger partial charge in [0.05, 0.1) is 18.5 Å². The molecule has 0 aromatic carbocycles. The van der Waals surface area contributed by atoms with Gasteiger partial charge in [0.25, 0.3) is 0 Å². The summed E-state index contributed by atoms with van der Waals surface area (Å²) in [5.74, 6) is 0.287. The van der Waals surface area contributed by atoms with Gasteiger partial charge < -0.3 is 9.47 Å². The number of alkyl halides is 1. The van der Waals surface area contributed by atoms with Gasteiger partial charge in [0.1, 0.15) is 0 Å². The van der Waals surface area contributed by atoms with Crippen molar-refractivity contribution in [2.75, 3.05) is 39.0 Å². The fourth-order valence-electron chi connectivity index (χ4n) is 1.09. The summed E-state index contributed by atoms with van der Waals surface area (Å²) in [7, 11) is -0.235. The van der Waals surface area contributed by atoms with Gasteiger partial charge in [-0.3, -0.25) is 0 Å². The highest BCUT2D eigenvalue weighted by atomic mass is 35.5. The van der Waals surface area contributed by atoms with Crippen molar-refractivity contribution < 1.29 is 17.9 Å². The van der Waals surface area contributed by atoms with Crippen molar-refractivity contribution in [3.63, 3.8) is 0 Å². The molecule has 2 unspecified atom stereocenters. The van der Waals surface area contributed by atoms with E-state index in [-0.39, 0.29) is 24.3 Å². The van der Waals surface area contributed by atoms with Crippen LogP contribution in [0, 0.1) is 5.92 Å². The number of rotatable bonds is 9. The quantitative estimate of drug-likeness (QED) is 0.619. The second kappa shape index (κ2) is 8.25. The highest BCUT2D eigenvalue weighted by Gasteiger charge is 2.17. The maximum Gasteiger partial charge on any atom is 0.211 e. The predicted octanol–water partition coefficient (Wildman–Crippen LogP) is 0.442. The van der Waals surface area contributed by atoms with Crippen LogP contribution in [0.25, 0.3) is 0 Å². The molecule has 0 aromatic heterocycles. The van der Waals surface area contributed by atoms with Crippen molar-refractivity contribution in [3.8, 4) is 0 Å². The Hall–Kier alpha value is 0.120. The van der Waals surface area contributed by atoms with Crippen molar-refractivity contribution in [2.45, 2.75) is 13.0 Å². The minimum absolute atomic E-state index is 0.0277. The second-order valence-corrected chi connectivity index (χ2v) is 5.86. The van der Waals surface area contributed by atoms with E-state index in [0.717, 1.165) is 0 Å². The van der Waals surface area contributed by atoms with Crippen LogP contribution in [0.2, 0.25) is 0 Å². The standard InChI is InChI=1S/C9H20ClNO4S/c1-8(4-10)7-16(12,13)11-5-9(15-3)6-14-2/h8-9,11H,4-7H2,1-3H3. The fraction of sp³-hybridized carbons (Fsp3) is 1.00. The van der Waals surface area contributed by atoms with Crippen LogP contribution in [0.1, 0.15) is 6.92 Å². The van der Waals surface area contributed by atoms with Gasteiger partial charge in [-0.2, -0.15) is 0 Å². The Balaban J connectivity index is 4.06. The molecule has 2 atom stereocenters. The number of ether oxygens (including phenoxy) is 2. The molecule has 0 rings (SSSR count). The van der Waals surface area contributed by atoms with E-state index in [1.807, 2.05) is 0 Å². The fourth-order valence-corrected chi connectivity index (χ4v) is 2.76. The smallest absolute Gasteiger partial charge is 0.211 e. The van der Waals surface area contributed by atoms with Gasteiger partial charge >= 0.3 is 0 Å². The molecule has 0 saturated carbocycles. The van der Waals surface area contributed by atoms with Gasteiger partial charge in [-0.25, -0.2) is 13.1 Å². The molecule has 0 amide bonds. The first-order valence-corrected chi connectivity index (χ1v) is 7.18. The lowest BCUT2D eigenvalue weighted by molar-refractivity contribution is 0.0320. The van der Waals surface area contributed by atoms with Crippen molar-refractivity contribution in [1.82, 2.24) is 4.72 Å². The average molecular weight is 274 g/mol. The molecule has 0 saturated heterocycles. The lowest BCUT2D eigenvalue weighted by Gasteiger charge is -2.16. The third-order valence-corrected chi connectivity index (χ3v) is 4.13. The molecule has 0 radical (unpaired) electrons. The number of nitrogens with one attached hydrogen (secondary N) is 1. The normalized spacial score (nSPS) is 16.0. The van der Waals surface area contributed by atoms with Gasteiger partial charge in [-0.05, 0) is 5.92 Å². The zero-order valence-corrected chi connectivity index (χ0v) is 11.5. The van der Waals surface area contributed by atoms with Crippen LogP contribution in [-0.4, -0.2) is 53.5 Å². The molecule has 7 heteroatoms. The summed E-state index contributed by atoms with van der Waals surface area (Å²) >= 11 is 5.56. The van der Waals surface area contributed by atoms with Crippen LogP contribution in [0.4, 0.5) is 0 Å². The number of hydrogen-bond acceptors (Lipinski definition) is 4. The van der Waals surface area contributed by atoms with Crippen LogP contribution in [0.5, 0.6) is 0 Å². The van der Waals surface area contributed by atoms with Crippen molar-refractivity contribution >= 4 is 21.6 Å². The largest absolute Gasteiger partial charge is 0.382 e. The third-order valence-electron chi connectivity index (χ3n) is 1.98. The predicted molar refractivity (Wildman–Crippen MR) is 64.3 cm³/mol. The van der Waals surface area contributed by atoms with Crippen LogP contribution in [0.3, 0.4) is 0 Å². The summed E-state index contributed by atoms with van der Waals surface area (Å²) < 4.78 is 35.5. The molecule has 1 N–H and O–H groups in total. The summed E-state index contributed by atoms with van der Waals surface area (Å²) in [5, 5.41) is 0. The summed E-state index contributed by atoms with van der Waals surface area (Å²) in [6, 6.07) is 0. The first-order valence-electron chi connectivity index (χ1n) is 5.00. The molecule has 0 aliphatic rings. The maximum atomic E-state index is 11.6. The number of halogens is 1. The Morgan fingerprint density at radius 3 is 2.44 bits per heavy atom. The second-order valence-electron chi connectivity index (χ2n) is 3.70. The van der Waals surface area contributed by atoms with Crippen LogP contribution in [0.15, 0.2) is 0 Å². The van der Waals surface area contributed by atoms with E-state index in [9.17, 15) is 8.42 Å². The lowest BCUT2D eigenvalue weighted by atomic mass is 10.3. The Morgan fingerprint density at radius 2 is 2.00 bits per heavy atom. The SMILES string of the molecule is COCC(CNS(=O)(=O)CC(C)CCl)OC. The molecule has 0 aromatic rings. The molecule has 0 spiro atoms. The summed E-state index contributed by atoms with van der Waals surface area (Å²) in [6.45, 7) is 2.35. The summed E-state index contributed by atoms with van der Waals surface area (Å²) in [6.07, 6.45) is -0.272. The minimum Gasteiger partial charge on any atom is -0.382 e. The Labute approximate surface area is 102 Å². The van der Waals surface area contributed by atoms with Crippen LogP contribution in [-0.2, 0) is 19.5 Å². The molecule has 0 aliphatic heterocycles. The van der Waals surface area contributed by atoms with Gasteiger partial charge in [-0.1, -0.05) is 6.92 Å². The Morgan fingerprint density at radius 1 is 1.38 bits per heavy atom. The van der Waals surface area contributed by atoms with E-state index >= 15 is 0 Å². The van der Waals surface area contributed by atoms with E-state index in [4.69, 9.17) is 21.1 Å². The first-order chi connectivity index (χ1) is 7.45. The van der Waals surface area contributed by atoms with Gasteiger partial charge in [0.15, 0.2) is 0 Å². The molecular weight excluding hydrogens is 254 g/mol. The lowest BCUT2D eigenvalue weighted by Crippen LogP contribution is -2.38. The highest BCUT2D eigenvalue weighted by molar-refractivity contribution is 7.89. The Bertz CT molecular complexity index is 271. The maximum absolute atomic E-state index is 11.6. The zero-order valence-electron chi connectivity index (χ0n) is 9.90. The molecular formula is C9H20ClNO4S. The summed E-state index contributed by atoms with van der Waals surface area (Å²) in [5.41, 5.74) is 0. The third kappa shape index (κ3) is 7.40. The van der Waals surface area contributed by atoms with E-state index in [1.54, 1.807) is 6.92 Å². The van der Waals surface area contributed by atoms with Crippen LogP contribution >= 0.6 is 11.6 Å². The molecule has 0 bridgehead atoms. The minimum atomic E-state index is -3.29. The van der Waals surface area contributed by atoms with E-state index in [2.05, 4.69) is 4.72 Å². The van der Waals surface area contributed by atoms with E-state index < -0.39 is 10.0 Å². The molecule has 16 heavy (non-hydrogen) atoms. The number of methoxy groups -OCH3 is 2. The first kappa shape index (κ1) is 16.1. The topological polar surface area (TPSA) is 64.6 Å². The Kier molecular flexibility index (Phi) is 8.31. The highest BCUT2D eigenvalue weighted by Crippen LogP contribution is 2.02. The van der Waals surface area contributed by atoms with Gasteiger partial charge in [-0.15, -0.1) is 11.6 Å². The van der Waals surface area contributed by atoms with E-state index in [1.165, 1.54) is 14.2 Å². The van der Waals surface area contributed by atoms with E-state index in [0.29, 0.717) is 12.5 Å². The molecule has 98 valence electrons. The number of hydrogen-bond donors (Lipinski definition) is 1. The molecule has 0 heterocycles. The van der Waals surface area contributed by atoms with Crippen molar-refractivity contribution in [2.24, 2.45) is 5.92 Å². The molecule has 0 aliphatic carbocycles. The van der Waals surface area contributed by atoms with Crippen LogP contribution < -0.4 is 4.72 Å². The van der Waals surface area contributed by atoms with Gasteiger partial charge in [0.2, 0.25) is 10.0 Å². The zero-order chi connectivity index (χ0) is 12.6. The van der Waals surface area contributed by atoms with Crippen molar-refractivity contribution in [3.05, 3.63) is 0 Å². The molecule has 5 nitrogen and oxygen atoms in total. The molecule has 0 fully saturated rings.